The van der Waals surface area contributed by atoms with Crippen LogP contribution in [-0.4, -0.2) is 13.2 Å². The van der Waals surface area contributed by atoms with Crippen molar-refractivity contribution < 1.29 is 9.15 Å². The van der Waals surface area contributed by atoms with Crippen LogP contribution in [0, 0.1) is 0 Å². The standard InChI is InChI=1S/C10H11NO2/c11-4-6-12-9-2-1-8-3-5-13-10(8)7-9/h1-3,5,7H,4,6,11H2. The lowest BCUT2D eigenvalue weighted by Gasteiger charge is -2.02. The Morgan fingerprint density at radius 3 is 3.08 bits per heavy atom. The number of rotatable bonds is 3. The first kappa shape index (κ1) is 8.13. The van der Waals surface area contributed by atoms with Crippen LogP contribution in [0.25, 0.3) is 11.0 Å². The van der Waals surface area contributed by atoms with Crippen molar-refractivity contribution in [1.82, 2.24) is 0 Å². The van der Waals surface area contributed by atoms with Crippen molar-refractivity contribution in [1.29, 1.82) is 0 Å². The topological polar surface area (TPSA) is 48.4 Å². The molecule has 68 valence electrons. The Hall–Kier alpha value is -1.48. The average molecular weight is 177 g/mol. The van der Waals surface area contributed by atoms with Crippen LogP contribution in [0.4, 0.5) is 0 Å². The van der Waals surface area contributed by atoms with E-state index < -0.39 is 0 Å². The minimum Gasteiger partial charge on any atom is -0.492 e. The average Bonchev–Trinajstić information content (AvgIpc) is 2.61. The van der Waals surface area contributed by atoms with Gasteiger partial charge in [-0.1, -0.05) is 0 Å². The molecule has 0 aliphatic heterocycles. The summed E-state index contributed by atoms with van der Waals surface area (Å²) in [6.07, 6.45) is 1.66. The van der Waals surface area contributed by atoms with Gasteiger partial charge in [-0.2, -0.15) is 0 Å². The minimum atomic E-state index is 0.524. The number of fused-ring (bicyclic) bond motifs is 1. The summed E-state index contributed by atoms with van der Waals surface area (Å²) in [6.45, 7) is 1.06. The van der Waals surface area contributed by atoms with Gasteiger partial charge in [-0.3, -0.25) is 0 Å². The molecular formula is C10H11NO2. The molecule has 0 saturated heterocycles. The molecule has 0 atom stereocenters. The van der Waals surface area contributed by atoms with Crippen LogP contribution in [0.5, 0.6) is 5.75 Å². The number of ether oxygens (including phenoxy) is 1. The zero-order chi connectivity index (χ0) is 9.10. The van der Waals surface area contributed by atoms with Gasteiger partial charge in [-0.25, -0.2) is 0 Å². The zero-order valence-electron chi connectivity index (χ0n) is 7.19. The molecule has 1 heterocycles. The van der Waals surface area contributed by atoms with E-state index in [0.29, 0.717) is 13.2 Å². The Labute approximate surface area is 76.1 Å². The van der Waals surface area contributed by atoms with Gasteiger partial charge in [0.05, 0.1) is 6.26 Å². The maximum absolute atomic E-state index is 5.35. The zero-order valence-corrected chi connectivity index (χ0v) is 7.19. The van der Waals surface area contributed by atoms with E-state index in [9.17, 15) is 0 Å². The Bertz CT molecular complexity index is 394. The highest BCUT2D eigenvalue weighted by atomic mass is 16.5. The van der Waals surface area contributed by atoms with Crippen LogP contribution < -0.4 is 10.5 Å². The SMILES string of the molecule is NCCOc1ccc2ccoc2c1. The summed E-state index contributed by atoms with van der Waals surface area (Å²) in [7, 11) is 0. The van der Waals surface area contributed by atoms with Crippen molar-refractivity contribution in [3.05, 3.63) is 30.5 Å². The van der Waals surface area contributed by atoms with Crippen molar-refractivity contribution >= 4 is 11.0 Å². The maximum atomic E-state index is 5.35. The fourth-order valence-electron chi connectivity index (χ4n) is 1.20. The molecule has 3 heteroatoms. The van der Waals surface area contributed by atoms with E-state index in [2.05, 4.69) is 0 Å². The molecule has 0 fully saturated rings. The molecule has 2 aromatic rings. The first-order valence-corrected chi connectivity index (χ1v) is 4.20. The smallest absolute Gasteiger partial charge is 0.137 e. The lowest BCUT2D eigenvalue weighted by atomic mass is 10.2. The summed E-state index contributed by atoms with van der Waals surface area (Å²) in [5, 5.41) is 1.08. The van der Waals surface area contributed by atoms with E-state index in [1.807, 2.05) is 24.3 Å². The van der Waals surface area contributed by atoms with E-state index in [-0.39, 0.29) is 0 Å². The van der Waals surface area contributed by atoms with Crippen LogP contribution >= 0.6 is 0 Å². The van der Waals surface area contributed by atoms with Gasteiger partial charge >= 0.3 is 0 Å². The molecule has 0 aliphatic carbocycles. The second-order valence-corrected chi connectivity index (χ2v) is 2.76. The maximum Gasteiger partial charge on any atom is 0.137 e. The van der Waals surface area contributed by atoms with E-state index >= 15 is 0 Å². The second kappa shape index (κ2) is 3.49. The van der Waals surface area contributed by atoms with Gasteiger partial charge < -0.3 is 14.9 Å². The molecule has 0 unspecified atom stereocenters. The van der Waals surface area contributed by atoms with E-state index in [4.69, 9.17) is 14.9 Å². The normalized spacial score (nSPS) is 10.5. The fourth-order valence-corrected chi connectivity index (χ4v) is 1.20. The van der Waals surface area contributed by atoms with Crippen molar-refractivity contribution in [2.24, 2.45) is 5.73 Å². The molecular weight excluding hydrogens is 166 g/mol. The lowest BCUT2D eigenvalue weighted by molar-refractivity contribution is 0.328. The molecule has 1 aromatic heterocycles. The molecule has 0 aliphatic rings. The molecule has 13 heavy (non-hydrogen) atoms. The summed E-state index contributed by atoms with van der Waals surface area (Å²) in [5.74, 6) is 0.799. The van der Waals surface area contributed by atoms with Gasteiger partial charge in [0.2, 0.25) is 0 Å². The summed E-state index contributed by atoms with van der Waals surface area (Å²) < 4.78 is 10.6. The third kappa shape index (κ3) is 1.65. The molecule has 0 spiro atoms. The Morgan fingerprint density at radius 1 is 1.31 bits per heavy atom. The lowest BCUT2D eigenvalue weighted by Crippen LogP contribution is -2.10. The first-order chi connectivity index (χ1) is 6.40. The Balaban J connectivity index is 2.26. The third-order valence-electron chi connectivity index (χ3n) is 1.81. The van der Waals surface area contributed by atoms with Gasteiger partial charge in [0.1, 0.15) is 17.9 Å². The van der Waals surface area contributed by atoms with Crippen LogP contribution in [0.1, 0.15) is 0 Å². The number of hydrogen-bond acceptors (Lipinski definition) is 3. The molecule has 1 aromatic carbocycles. The van der Waals surface area contributed by atoms with Gasteiger partial charge in [0.25, 0.3) is 0 Å². The van der Waals surface area contributed by atoms with Gasteiger partial charge in [-0.15, -0.1) is 0 Å². The largest absolute Gasteiger partial charge is 0.492 e. The van der Waals surface area contributed by atoms with E-state index in [1.165, 1.54) is 0 Å². The van der Waals surface area contributed by atoms with Crippen molar-refractivity contribution in [3.63, 3.8) is 0 Å². The summed E-state index contributed by atoms with van der Waals surface area (Å²) in [4.78, 5) is 0. The van der Waals surface area contributed by atoms with Crippen LogP contribution in [0.3, 0.4) is 0 Å². The predicted molar refractivity (Wildman–Crippen MR) is 50.8 cm³/mol. The minimum absolute atomic E-state index is 0.524. The van der Waals surface area contributed by atoms with Crippen LogP contribution in [-0.2, 0) is 0 Å². The number of furan rings is 1. The number of benzene rings is 1. The van der Waals surface area contributed by atoms with Crippen molar-refractivity contribution in [3.8, 4) is 5.75 Å². The van der Waals surface area contributed by atoms with Gasteiger partial charge in [0.15, 0.2) is 0 Å². The highest BCUT2D eigenvalue weighted by Crippen LogP contribution is 2.21. The van der Waals surface area contributed by atoms with Gasteiger partial charge in [0, 0.05) is 18.0 Å². The second-order valence-electron chi connectivity index (χ2n) is 2.76. The molecule has 0 saturated carbocycles. The molecule has 2 rings (SSSR count). The monoisotopic (exact) mass is 177 g/mol. The number of nitrogens with two attached hydrogens (primary N) is 1. The molecule has 0 amide bonds. The highest BCUT2D eigenvalue weighted by molar-refractivity contribution is 5.78. The Morgan fingerprint density at radius 2 is 2.23 bits per heavy atom. The van der Waals surface area contributed by atoms with Crippen molar-refractivity contribution in [2.75, 3.05) is 13.2 Å². The first-order valence-electron chi connectivity index (χ1n) is 4.20. The Kier molecular flexibility index (Phi) is 2.19. The third-order valence-corrected chi connectivity index (χ3v) is 1.81. The quantitative estimate of drug-likeness (QED) is 0.777. The number of hydrogen-bond donors (Lipinski definition) is 1. The summed E-state index contributed by atoms with van der Waals surface area (Å²) in [5.41, 5.74) is 6.16. The predicted octanol–water partition coefficient (Wildman–Crippen LogP) is 1.77. The van der Waals surface area contributed by atoms with Crippen molar-refractivity contribution in [2.45, 2.75) is 0 Å². The van der Waals surface area contributed by atoms with Gasteiger partial charge in [-0.05, 0) is 18.2 Å². The van der Waals surface area contributed by atoms with Crippen LogP contribution in [0.15, 0.2) is 34.9 Å². The fraction of sp³-hybridized carbons (Fsp3) is 0.200. The van der Waals surface area contributed by atoms with Crippen LogP contribution in [0.2, 0.25) is 0 Å². The molecule has 2 N–H and O–H groups in total. The summed E-state index contributed by atoms with van der Waals surface area (Å²) >= 11 is 0. The molecule has 0 radical (unpaired) electrons. The summed E-state index contributed by atoms with van der Waals surface area (Å²) in [6, 6.07) is 7.66. The van der Waals surface area contributed by atoms with E-state index in [1.54, 1.807) is 6.26 Å². The molecule has 3 nitrogen and oxygen atoms in total. The molecule has 0 bridgehead atoms. The highest BCUT2D eigenvalue weighted by Gasteiger charge is 1.98. The van der Waals surface area contributed by atoms with E-state index in [0.717, 1.165) is 16.7 Å².